The number of methoxy groups -OCH3 is 1. The number of hydrogen-bond acceptors (Lipinski definition) is 4. The number of ether oxygens (including phenoxy) is 2. The maximum Gasteiger partial charge on any atom is 0.114 e. The summed E-state index contributed by atoms with van der Waals surface area (Å²) in [6, 6.07) is 2.20. The van der Waals surface area contributed by atoms with Crippen LogP contribution in [-0.4, -0.2) is 37.6 Å². The van der Waals surface area contributed by atoms with Crippen molar-refractivity contribution in [2.45, 2.75) is 25.4 Å². The second-order valence-electron chi connectivity index (χ2n) is 3.81. The first-order valence-corrected chi connectivity index (χ1v) is 4.84. The largest absolute Gasteiger partial charge is 0.386 e. The van der Waals surface area contributed by atoms with Crippen LogP contribution < -0.4 is 0 Å². The van der Waals surface area contributed by atoms with Crippen molar-refractivity contribution in [3.05, 3.63) is 0 Å². The summed E-state index contributed by atoms with van der Waals surface area (Å²) in [6.07, 6.45) is 1.08. The Labute approximate surface area is 84.4 Å². The van der Waals surface area contributed by atoms with E-state index < -0.39 is 11.0 Å². The molecule has 1 heterocycles. The molecule has 0 aliphatic carbocycles. The summed E-state index contributed by atoms with van der Waals surface area (Å²) in [4.78, 5) is 0. The van der Waals surface area contributed by atoms with Gasteiger partial charge in [-0.05, 0) is 12.8 Å². The third-order valence-electron chi connectivity index (χ3n) is 3.09. The monoisotopic (exact) mass is 199 g/mol. The van der Waals surface area contributed by atoms with Gasteiger partial charge >= 0.3 is 0 Å². The van der Waals surface area contributed by atoms with Gasteiger partial charge in [-0.2, -0.15) is 5.26 Å². The molecule has 0 saturated carbocycles. The third kappa shape index (κ3) is 1.63. The molecule has 4 heteroatoms. The summed E-state index contributed by atoms with van der Waals surface area (Å²) >= 11 is 0. The summed E-state index contributed by atoms with van der Waals surface area (Å²) in [5.41, 5.74) is -1.88. The lowest BCUT2D eigenvalue weighted by Crippen LogP contribution is -2.51. The minimum absolute atomic E-state index is 0.181. The van der Waals surface area contributed by atoms with Crippen molar-refractivity contribution in [2.24, 2.45) is 5.41 Å². The summed E-state index contributed by atoms with van der Waals surface area (Å²) in [5.74, 6) is 0. The Morgan fingerprint density at radius 2 is 2.43 bits per heavy atom. The van der Waals surface area contributed by atoms with E-state index in [1.165, 1.54) is 7.11 Å². The minimum atomic E-state index is -1.09. The van der Waals surface area contributed by atoms with Gasteiger partial charge in [0.2, 0.25) is 0 Å². The van der Waals surface area contributed by atoms with Crippen LogP contribution in [0.25, 0.3) is 0 Å². The van der Waals surface area contributed by atoms with Gasteiger partial charge in [0.15, 0.2) is 0 Å². The first-order chi connectivity index (χ1) is 6.64. The average Bonchev–Trinajstić information content (AvgIpc) is 2.68. The minimum Gasteiger partial charge on any atom is -0.386 e. The Balaban J connectivity index is 2.90. The second kappa shape index (κ2) is 4.26. The van der Waals surface area contributed by atoms with Crippen LogP contribution in [0.4, 0.5) is 0 Å². The van der Waals surface area contributed by atoms with Crippen molar-refractivity contribution in [2.75, 3.05) is 26.9 Å². The lowest BCUT2D eigenvalue weighted by Gasteiger charge is -2.37. The number of nitriles is 1. The SMILES string of the molecule is CCC(O)(COC)C1(C#N)CCOC1. The van der Waals surface area contributed by atoms with Crippen molar-refractivity contribution in [1.82, 2.24) is 0 Å². The van der Waals surface area contributed by atoms with Crippen LogP contribution in [0.15, 0.2) is 0 Å². The normalized spacial score (nSPS) is 31.0. The zero-order valence-electron chi connectivity index (χ0n) is 8.75. The number of aliphatic hydroxyl groups is 1. The Morgan fingerprint density at radius 1 is 1.71 bits per heavy atom. The zero-order chi connectivity index (χ0) is 10.7. The van der Waals surface area contributed by atoms with Gasteiger partial charge in [-0.3, -0.25) is 0 Å². The van der Waals surface area contributed by atoms with E-state index in [2.05, 4.69) is 6.07 Å². The number of rotatable bonds is 4. The molecule has 0 bridgehead atoms. The van der Waals surface area contributed by atoms with Gasteiger partial charge in [0.1, 0.15) is 11.0 Å². The van der Waals surface area contributed by atoms with Gasteiger partial charge < -0.3 is 14.6 Å². The molecular weight excluding hydrogens is 182 g/mol. The van der Waals surface area contributed by atoms with Gasteiger partial charge in [-0.25, -0.2) is 0 Å². The maximum atomic E-state index is 10.3. The maximum absolute atomic E-state index is 10.3. The molecule has 0 aromatic rings. The van der Waals surface area contributed by atoms with E-state index in [0.29, 0.717) is 26.1 Å². The molecule has 1 fully saturated rings. The second-order valence-corrected chi connectivity index (χ2v) is 3.81. The predicted molar refractivity (Wildman–Crippen MR) is 50.6 cm³/mol. The standard InChI is InChI=1S/C10H17NO3/c1-3-10(12,8-13-2)9(6-11)4-5-14-7-9/h12H,3-5,7-8H2,1-2H3. The highest BCUT2D eigenvalue weighted by molar-refractivity contribution is 5.13. The first-order valence-electron chi connectivity index (χ1n) is 4.84. The van der Waals surface area contributed by atoms with Crippen molar-refractivity contribution >= 4 is 0 Å². The molecule has 0 spiro atoms. The highest BCUT2D eigenvalue weighted by atomic mass is 16.5. The van der Waals surface area contributed by atoms with E-state index in [9.17, 15) is 5.11 Å². The first kappa shape index (κ1) is 11.4. The Kier molecular flexibility index (Phi) is 3.48. The molecule has 0 aromatic carbocycles. The van der Waals surface area contributed by atoms with Gasteiger partial charge in [0, 0.05) is 13.7 Å². The molecule has 80 valence electrons. The zero-order valence-corrected chi connectivity index (χ0v) is 8.75. The molecule has 4 nitrogen and oxygen atoms in total. The van der Waals surface area contributed by atoms with E-state index in [1.807, 2.05) is 6.92 Å². The molecule has 0 radical (unpaired) electrons. The lowest BCUT2D eigenvalue weighted by atomic mass is 9.71. The third-order valence-corrected chi connectivity index (χ3v) is 3.09. The van der Waals surface area contributed by atoms with Crippen molar-refractivity contribution in [1.29, 1.82) is 5.26 Å². The molecule has 0 amide bonds. The van der Waals surface area contributed by atoms with Crippen LogP contribution in [0.1, 0.15) is 19.8 Å². The molecule has 1 saturated heterocycles. The van der Waals surface area contributed by atoms with Crippen LogP contribution in [0, 0.1) is 16.7 Å². The van der Waals surface area contributed by atoms with Gasteiger partial charge in [-0.1, -0.05) is 6.92 Å². The molecule has 14 heavy (non-hydrogen) atoms. The van der Waals surface area contributed by atoms with E-state index in [-0.39, 0.29) is 6.61 Å². The lowest BCUT2D eigenvalue weighted by molar-refractivity contribution is -0.105. The summed E-state index contributed by atoms with van der Waals surface area (Å²) < 4.78 is 10.2. The smallest absolute Gasteiger partial charge is 0.114 e. The fourth-order valence-corrected chi connectivity index (χ4v) is 1.94. The highest BCUT2D eigenvalue weighted by Crippen LogP contribution is 2.41. The van der Waals surface area contributed by atoms with Gasteiger partial charge in [-0.15, -0.1) is 0 Å². The summed E-state index contributed by atoms with van der Waals surface area (Å²) in [6.45, 7) is 2.88. The van der Waals surface area contributed by atoms with E-state index in [0.717, 1.165) is 0 Å². The van der Waals surface area contributed by atoms with Gasteiger partial charge in [0.05, 0.1) is 19.3 Å². The number of nitrogens with zero attached hydrogens (tertiary/aromatic N) is 1. The van der Waals surface area contributed by atoms with Gasteiger partial charge in [0.25, 0.3) is 0 Å². The Morgan fingerprint density at radius 3 is 2.79 bits per heavy atom. The average molecular weight is 199 g/mol. The molecule has 1 N–H and O–H groups in total. The van der Waals surface area contributed by atoms with Crippen molar-refractivity contribution in [3.8, 4) is 6.07 Å². The van der Waals surface area contributed by atoms with E-state index >= 15 is 0 Å². The van der Waals surface area contributed by atoms with Crippen molar-refractivity contribution < 1.29 is 14.6 Å². The van der Waals surface area contributed by atoms with E-state index in [1.54, 1.807) is 0 Å². The number of hydrogen-bond donors (Lipinski definition) is 1. The summed E-state index contributed by atoms with van der Waals surface area (Å²) in [7, 11) is 1.53. The molecule has 1 aliphatic rings. The molecule has 0 aromatic heterocycles. The molecular formula is C10H17NO3. The van der Waals surface area contributed by atoms with Crippen LogP contribution in [0.2, 0.25) is 0 Å². The predicted octanol–water partition coefficient (Wildman–Crippen LogP) is 0.704. The Hall–Kier alpha value is -0.630. The van der Waals surface area contributed by atoms with Crippen LogP contribution in [0.5, 0.6) is 0 Å². The molecule has 2 unspecified atom stereocenters. The summed E-state index contributed by atoms with van der Waals surface area (Å²) in [5, 5.41) is 19.5. The van der Waals surface area contributed by atoms with E-state index in [4.69, 9.17) is 14.7 Å². The topological polar surface area (TPSA) is 62.5 Å². The van der Waals surface area contributed by atoms with Crippen molar-refractivity contribution in [3.63, 3.8) is 0 Å². The highest BCUT2D eigenvalue weighted by Gasteiger charge is 2.52. The molecule has 2 atom stereocenters. The fourth-order valence-electron chi connectivity index (χ4n) is 1.94. The van der Waals surface area contributed by atoms with Crippen LogP contribution in [0.3, 0.4) is 0 Å². The molecule has 1 aliphatic heterocycles. The van der Waals surface area contributed by atoms with Crippen LogP contribution in [-0.2, 0) is 9.47 Å². The quantitative estimate of drug-likeness (QED) is 0.724. The fraction of sp³-hybridized carbons (Fsp3) is 0.900. The Bertz CT molecular complexity index is 230. The van der Waals surface area contributed by atoms with Crippen LogP contribution >= 0.6 is 0 Å². The molecule has 1 rings (SSSR count).